The second kappa shape index (κ2) is 6.95. The summed E-state index contributed by atoms with van der Waals surface area (Å²) in [5.41, 5.74) is 0. The largest absolute Gasteiger partial charge is 0.468 e. The first-order chi connectivity index (χ1) is 8.83. The van der Waals surface area contributed by atoms with Gasteiger partial charge in [0.05, 0.1) is 12.8 Å². The smallest absolute Gasteiger partial charge is 0.117 e. The van der Waals surface area contributed by atoms with E-state index >= 15 is 0 Å². The minimum atomic E-state index is 0.630. The van der Waals surface area contributed by atoms with Gasteiger partial charge in [0, 0.05) is 18.6 Å². The molecule has 3 nitrogen and oxygen atoms in total. The molecule has 0 amide bonds. The molecule has 3 heteroatoms. The Bertz CT molecular complexity index is 319. The highest BCUT2D eigenvalue weighted by atomic mass is 16.3. The first-order valence-electron chi connectivity index (χ1n) is 7.33. The van der Waals surface area contributed by atoms with Gasteiger partial charge in [-0.3, -0.25) is 4.90 Å². The molecule has 1 aromatic heterocycles. The van der Waals surface area contributed by atoms with Crippen molar-refractivity contribution in [1.82, 2.24) is 10.2 Å². The first-order valence-corrected chi connectivity index (χ1v) is 7.33. The van der Waals surface area contributed by atoms with Crippen molar-refractivity contribution in [1.29, 1.82) is 0 Å². The Kier molecular flexibility index (Phi) is 5.26. The molecule has 102 valence electrons. The first kappa shape index (κ1) is 13.6. The molecule has 1 fully saturated rings. The summed E-state index contributed by atoms with van der Waals surface area (Å²) in [4.78, 5) is 2.53. The van der Waals surface area contributed by atoms with E-state index in [0.29, 0.717) is 6.04 Å². The second-order valence-electron chi connectivity index (χ2n) is 5.27. The molecule has 0 aliphatic heterocycles. The molecule has 0 bridgehead atoms. The SMILES string of the molecule is CCCC(CNC1CC1)N(CC)Cc1ccco1. The highest BCUT2D eigenvalue weighted by molar-refractivity contribution is 4.98. The number of hydrogen-bond donors (Lipinski definition) is 1. The van der Waals surface area contributed by atoms with E-state index in [1.807, 2.05) is 6.07 Å². The highest BCUT2D eigenvalue weighted by Gasteiger charge is 2.24. The number of rotatable bonds is 9. The van der Waals surface area contributed by atoms with E-state index in [1.165, 1.54) is 25.7 Å². The molecule has 1 aromatic rings. The summed E-state index contributed by atoms with van der Waals surface area (Å²) in [7, 11) is 0. The van der Waals surface area contributed by atoms with Crippen molar-refractivity contribution in [2.75, 3.05) is 13.1 Å². The summed E-state index contributed by atoms with van der Waals surface area (Å²) in [6, 6.07) is 5.47. The van der Waals surface area contributed by atoms with Crippen LogP contribution in [0.5, 0.6) is 0 Å². The van der Waals surface area contributed by atoms with Crippen LogP contribution in [0.15, 0.2) is 22.8 Å². The molecule has 0 aromatic carbocycles. The number of likely N-dealkylation sites (N-methyl/N-ethyl adjacent to an activating group) is 1. The third-order valence-electron chi connectivity index (χ3n) is 3.70. The van der Waals surface area contributed by atoms with Crippen LogP contribution < -0.4 is 5.32 Å². The van der Waals surface area contributed by atoms with Gasteiger partial charge in [-0.05, 0) is 37.9 Å². The molecule has 1 N–H and O–H groups in total. The van der Waals surface area contributed by atoms with Gasteiger partial charge in [-0.15, -0.1) is 0 Å². The summed E-state index contributed by atoms with van der Waals surface area (Å²) in [6.45, 7) is 7.64. The number of furan rings is 1. The number of nitrogens with zero attached hydrogens (tertiary/aromatic N) is 1. The lowest BCUT2D eigenvalue weighted by Crippen LogP contribution is -2.42. The van der Waals surface area contributed by atoms with E-state index in [9.17, 15) is 0 Å². The Hall–Kier alpha value is -0.800. The van der Waals surface area contributed by atoms with Crippen LogP contribution in [0.4, 0.5) is 0 Å². The van der Waals surface area contributed by atoms with Crippen molar-refractivity contribution in [2.45, 2.75) is 58.2 Å². The lowest BCUT2D eigenvalue weighted by Gasteiger charge is -2.30. The summed E-state index contributed by atoms with van der Waals surface area (Å²) >= 11 is 0. The molecule has 1 aliphatic rings. The monoisotopic (exact) mass is 250 g/mol. The van der Waals surface area contributed by atoms with Gasteiger partial charge >= 0.3 is 0 Å². The van der Waals surface area contributed by atoms with Crippen molar-refractivity contribution in [3.05, 3.63) is 24.2 Å². The van der Waals surface area contributed by atoms with Gasteiger partial charge < -0.3 is 9.73 Å². The topological polar surface area (TPSA) is 28.4 Å². The van der Waals surface area contributed by atoms with Gasteiger partial charge in [0.1, 0.15) is 5.76 Å². The molecule has 0 saturated heterocycles. The molecule has 0 radical (unpaired) electrons. The predicted octanol–water partition coefficient (Wildman–Crippen LogP) is 3.02. The van der Waals surface area contributed by atoms with Crippen molar-refractivity contribution in [3.8, 4) is 0 Å². The molecule has 2 rings (SSSR count). The molecule has 1 heterocycles. The maximum Gasteiger partial charge on any atom is 0.117 e. The molecule has 1 aliphatic carbocycles. The van der Waals surface area contributed by atoms with Crippen LogP contribution in [0.1, 0.15) is 45.3 Å². The average molecular weight is 250 g/mol. The summed E-state index contributed by atoms with van der Waals surface area (Å²) in [5, 5.41) is 3.66. The van der Waals surface area contributed by atoms with Crippen LogP contribution in [-0.4, -0.2) is 30.1 Å². The fourth-order valence-corrected chi connectivity index (χ4v) is 2.44. The summed E-state index contributed by atoms with van der Waals surface area (Å²) in [6.07, 6.45) is 6.99. The normalized spacial score (nSPS) is 17.3. The van der Waals surface area contributed by atoms with Crippen LogP contribution in [-0.2, 0) is 6.54 Å². The zero-order chi connectivity index (χ0) is 12.8. The van der Waals surface area contributed by atoms with Crippen LogP contribution in [0, 0.1) is 0 Å². The number of hydrogen-bond acceptors (Lipinski definition) is 3. The standard InChI is InChI=1S/C15H26N2O/c1-3-6-14(11-16-13-8-9-13)17(4-2)12-15-7-5-10-18-15/h5,7,10,13-14,16H,3-4,6,8-9,11-12H2,1-2H3. The lowest BCUT2D eigenvalue weighted by molar-refractivity contribution is 0.169. The van der Waals surface area contributed by atoms with Crippen LogP contribution in [0.3, 0.4) is 0 Å². The molecular weight excluding hydrogens is 224 g/mol. The van der Waals surface area contributed by atoms with E-state index in [4.69, 9.17) is 4.42 Å². The van der Waals surface area contributed by atoms with E-state index in [2.05, 4.69) is 30.1 Å². The minimum Gasteiger partial charge on any atom is -0.468 e. The van der Waals surface area contributed by atoms with Gasteiger partial charge in [0.25, 0.3) is 0 Å². The Balaban J connectivity index is 1.87. The second-order valence-corrected chi connectivity index (χ2v) is 5.27. The molecule has 1 saturated carbocycles. The quantitative estimate of drug-likeness (QED) is 0.730. The van der Waals surface area contributed by atoms with Gasteiger partial charge in [-0.25, -0.2) is 0 Å². The molecule has 0 spiro atoms. The van der Waals surface area contributed by atoms with Crippen LogP contribution >= 0.6 is 0 Å². The van der Waals surface area contributed by atoms with E-state index in [0.717, 1.165) is 31.4 Å². The Morgan fingerprint density at radius 2 is 2.28 bits per heavy atom. The van der Waals surface area contributed by atoms with Crippen molar-refractivity contribution in [3.63, 3.8) is 0 Å². The van der Waals surface area contributed by atoms with E-state index < -0.39 is 0 Å². The summed E-state index contributed by atoms with van der Waals surface area (Å²) in [5.74, 6) is 1.07. The highest BCUT2D eigenvalue weighted by Crippen LogP contribution is 2.20. The average Bonchev–Trinajstić information content (AvgIpc) is 3.07. The fraction of sp³-hybridized carbons (Fsp3) is 0.733. The Morgan fingerprint density at radius 1 is 1.44 bits per heavy atom. The van der Waals surface area contributed by atoms with Crippen molar-refractivity contribution >= 4 is 0 Å². The molecular formula is C15H26N2O. The van der Waals surface area contributed by atoms with Gasteiger partial charge in [-0.2, -0.15) is 0 Å². The van der Waals surface area contributed by atoms with E-state index in [-0.39, 0.29) is 0 Å². The van der Waals surface area contributed by atoms with Crippen molar-refractivity contribution in [2.24, 2.45) is 0 Å². The van der Waals surface area contributed by atoms with Gasteiger partial charge in [-0.1, -0.05) is 20.3 Å². The predicted molar refractivity (Wildman–Crippen MR) is 74.5 cm³/mol. The Labute approximate surface area is 111 Å². The zero-order valence-corrected chi connectivity index (χ0v) is 11.7. The zero-order valence-electron chi connectivity index (χ0n) is 11.7. The van der Waals surface area contributed by atoms with Gasteiger partial charge in [0.15, 0.2) is 0 Å². The third-order valence-corrected chi connectivity index (χ3v) is 3.70. The Morgan fingerprint density at radius 3 is 2.83 bits per heavy atom. The third kappa shape index (κ3) is 4.14. The molecule has 1 atom stereocenters. The van der Waals surface area contributed by atoms with Gasteiger partial charge in [0.2, 0.25) is 0 Å². The molecule has 18 heavy (non-hydrogen) atoms. The van der Waals surface area contributed by atoms with Crippen LogP contribution in [0.25, 0.3) is 0 Å². The van der Waals surface area contributed by atoms with Crippen LogP contribution in [0.2, 0.25) is 0 Å². The lowest BCUT2D eigenvalue weighted by atomic mass is 10.1. The number of nitrogens with one attached hydrogen (secondary N) is 1. The maximum absolute atomic E-state index is 5.47. The van der Waals surface area contributed by atoms with Crippen molar-refractivity contribution < 1.29 is 4.42 Å². The summed E-state index contributed by atoms with van der Waals surface area (Å²) < 4.78 is 5.47. The molecule has 1 unspecified atom stereocenters. The van der Waals surface area contributed by atoms with E-state index in [1.54, 1.807) is 6.26 Å². The minimum absolute atomic E-state index is 0.630. The maximum atomic E-state index is 5.47. The fourth-order valence-electron chi connectivity index (χ4n) is 2.44.